The molecule has 2 aliphatic rings. The molecule has 2 aliphatic heterocycles. The molecule has 0 aliphatic carbocycles. The Labute approximate surface area is 168 Å². The number of methoxy groups -OCH3 is 4. The molecule has 29 heavy (non-hydrogen) atoms. The van der Waals surface area contributed by atoms with E-state index >= 15 is 0 Å². The van der Waals surface area contributed by atoms with Crippen LogP contribution in [0.4, 0.5) is 0 Å². The lowest BCUT2D eigenvalue weighted by molar-refractivity contribution is -0.150. The van der Waals surface area contributed by atoms with E-state index in [0.29, 0.717) is 22.8 Å². The first kappa shape index (κ1) is 21.2. The van der Waals surface area contributed by atoms with Crippen molar-refractivity contribution in [1.29, 1.82) is 0 Å². The van der Waals surface area contributed by atoms with Gasteiger partial charge in [0.15, 0.2) is 11.5 Å². The van der Waals surface area contributed by atoms with Crippen LogP contribution >= 0.6 is 0 Å². The first-order chi connectivity index (χ1) is 14.0. The van der Waals surface area contributed by atoms with Gasteiger partial charge in [-0.05, 0) is 12.1 Å². The summed E-state index contributed by atoms with van der Waals surface area (Å²) in [5, 5.41) is 2.92. The number of carbonyl (C=O) groups is 2. The van der Waals surface area contributed by atoms with E-state index in [2.05, 4.69) is 10.1 Å². The maximum Gasteiger partial charge on any atom is 0.331 e. The summed E-state index contributed by atoms with van der Waals surface area (Å²) in [6.07, 6.45) is -1.14. The van der Waals surface area contributed by atoms with Crippen LogP contribution in [-0.2, 0) is 23.7 Å². The molecule has 0 saturated carbocycles. The van der Waals surface area contributed by atoms with Crippen molar-refractivity contribution in [2.75, 3.05) is 48.3 Å². The number of benzene rings is 1. The summed E-state index contributed by atoms with van der Waals surface area (Å²) in [6, 6.07) is 2.78. The highest BCUT2D eigenvalue weighted by Crippen LogP contribution is 2.38. The van der Waals surface area contributed by atoms with Crippen LogP contribution in [0.5, 0.6) is 17.2 Å². The van der Waals surface area contributed by atoms with Crippen molar-refractivity contribution in [3.05, 3.63) is 17.7 Å². The Morgan fingerprint density at radius 1 is 1.00 bits per heavy atom. The first-order valence-electron chi connectivity index (χ1n) is 9.04. The monoisotopic (exact) mass is 411 g/mol. The second-order valence-electron chi connectivity index (χ2n) is 6.52. The van der Waals surface area contributed by atoms with Crippen molar-refractivity contribution in [1.82, 2.24) is 5.32 Å². The van der Waals surface area contributed by atoms with Crippen molar-refractivity contribution in [2.45, 2.75) is 24.4 Å². The van der Waals surface area contributed by atoms with Gasteiger partial charge in [0, 0.05) is 5.56 Å². The van der Waals surface area contributed by atoms with E-state index in [0.717, 1.165) is 0 Å². The molecule has 4 atom stereocenters. The van der Waals surface area contributed by atoms with Gasteiger partial charge in [0.05, 0.1) is 47.7 Å². The van der Waals surface area contributed by atoms with E-state index in [4.69, 9.17) is 28.4 Å². The van der Waals surface area contributed by atoms with Crippen LogP contribution in [0.3, 0.4) is 0 Å². The third-order valence-electron chi connectivity index (χ3n) is 4.89. The average molecular weight is 411 g/mol. The van der Waals surface area contributed by atoms with Gasteiger partial charge in [0.1, 0.15) is 24.9 Å². The van der Waals surface area contributed by atoms with Gasteiger partial charge in [-0.1, -0.05) is 0 Å². The maximum absolute atomic E-state index is 12.8. The normalized spacial score (nSPS) is 25.2. The number of hydrogen-bond donors (Lipinski definition) is 1. The highest BCUT2D eigenvalue weighted by molar-refractivity contribution is 5.96. The number of carbonyl (C=O) groups excluding carboxylic acids is 2. The lowest BCUT2D eigenvalue weighted by Crippen LogP contribution is -2.44. The Morgan fingerprint density at radius 3 is 2.24 bits per heavy atom. The van der Waals surface area contributed by atoms with Crippen LogP contribution in [0, 0.1) is 0 Å². The zero-order valence-corrected chi connectivity index (χ0v) is 16.8. The number of rotatable bonds is 8. The quantitative estimate of drug-likeness (QED) is 0.598. The van der Waals surface area contributed by atoms with Crippen LogP contribution in [0.2, 0.25) is 0 Å². The second-order valence-corrected chi connectivity index (χ2v) is 6.52. The molecule has 1 amide bonds. The molecule has 1 N–H and O–H groups in total. The van der Waals surface area contributed by atoms with E-state index in [-0.39, 0.29) is 44.0 Å². The maximum atomic E-state index is 12.8. The van der Waals surface area contributed by atoms with Crippen LogP contribution in [0.15, 0.2) is 12.1 Å². The van der Waals surface area contributed by atoms with Gasteiger partial charge in [-0.2, -0.15) is 0 Å². The fraction of sp³-hybridized carbons (Fsp3) is 0.579. The smallest absolute Gasteiger partial charge is 0.331 e. The van der Waals surface area contributed by atoms with Crippen molar-refractivity contribution in [2.24, 2.45) is 0 Å². The number of esters is 1. The first-order valence-corrected chi connectivity index (χ1v) is 9.04. The predicted molar refractivity (Wildman–Crippen MR) is 98.6 cm³/mol. The molecule has 2 saturated heterocycles. The second kappa shape index (κ2) is 9.29. The number of fused-ring (bicyclic) bond motifs is 1. The number of amides is 1. The molecule has 1 aromatic carbocycles. The molecule has 2 heterocycles. The molecular weight excluding hydrogens is 386 g/mol. The predicted octanol–water partition coefficient (Wildman–Crippen LogP) is 0.167. The third-order valence-corrected chi connectivity index (χ3v) is 4.89. The standard InChI is InChI=1S/C19H25NO9/c1-23-12-5-10(6-13(24-2)17(12)26-4)19(22)20-11-7-28-18-14(8-29-16(11)18)27-9-15(21)25-3/h5-6,11,14,16,18H,7-9H2,1-4H3,(H,20,22)/t11-,14-,16-,18+/m1/s1. The molecule has 0 unspecified atom stereocenters. The Morgan fingerprint density at radius 2 is 1.66 bits per heavy atom. The van der Waals surface area contributed by atoms with Crippen molar-refractivity contribution in [3.63, 3.8) is 0 Å². The SMILES string of the molecule is COC(=O)CO[C@@H]1CO[C@H]2[C@H]1OC[C@H]2NC(=O)c1cc(OC)c(OC)c(OC)c1. The minimum atomic E-state index is -0.473. The van der Waals surface area contributed by atoms with Gasteiger partial charge in [0.2, 0.25) is 5.75 Å². The Bertz CT molecular complexity index is 728. The lowest BCUT2D eigenvalue weighted by Gasteiger charge is -2.19. The number of ether oxygens (including phenoxy) is 7. The molecule has 10 nitrogen and oxygen atoms in total. The Hall–Kier alpha value is -2.56. The van der Waals surface area contributed by atoms with Crippen LogP contribution in [0.1, 0.15) is 10.4 Å². The summed E-state index contributed by atoms with van der Waals surface area (Å²) in [5.74, 6) is 0.358. The molecule has 0 aromatic heterocycles. The summed E-state index contributed by atoms with van der Waals surface area (Å²) in [5.41, 5.74) is 0.347. The minimum absolute atomic E-state index is 0.181. The molecule has 3 rings (SSSR count). The molecule has 2 fully saturated rings. The van der Waals surface area contributed by atoms with E-state index in [1.165, 1.54) is 28.4 Å². The third kappa shape index (κ3) is 4.39. The molecule has 0 radical (unpaired) electrons. The fourth-order valence-electron chi connectivity index (χ4n) is 3.43. The van der Waals surface area contributed by atoms with Gasteiger partial charge in [0.25, 0.3) is 5.91 Å². The van der Waals surface area contributed by atoms with E-state index in [9.17, 15) is 9.59 Å². The van der Waals surface area contributed by atoms with Gasteiger partial charge in [-0.15, -0.1) is 0 Å². The number of nitrogens with one attached hydrogen (secondary N) is 1. The van der Waals surface area contributed by atoms with E-state index < -0.39 is 12.1 Å². The van der Waals surface area contributed by atoms with Crippen molar-refractivity contribution >= 4 is 11.9 Å². The Balaban J connectivity index is 1.66. The molecule has 10 heteroatoms. The Kier molecular flexibility index (Phi) is 6.78. The zero-order chi connectivity index (χ0) is 21.0. The molecular formula is C19H25NO9. The van der Waals surface area contributed by atoms with Crippen molar-refractivity contribution in [3.8, 4) is 17.2 Å². The summed E-state index contributed by atoms with van der Waals surface area (Å²) in [4.78, 5) is 24.1. The van der Waals surface area contributed by atoms with Crippen molar-refractivity contribution < 1.29 is 42.7 Å². The average Bonchev–Trinajstić information content (AvgIpc) is 3.33. The number of hydrogen-bond acceptors (Lipinski definition) is 9. The van der Waals surface area contributed by atoms with Gasteiger partial charge in [-0.3, -0.25) is 4.79 Å². The molecule has 0 spiro atoms. The topological polar surface area (TPSA) is 111 Å². The zero-order valence-electron chi connectivity index (χ0n) is 16.8. The summed E-state index contributed by atoms with van der Waals surface area (Å²) < 4.78 is 37.4. The fourth-order valence-corrected chi connectivity index (χ4v) is 3.43. The lowest BCUT2D eigenvalue weighted by atomic mass is 10.1. The highest BCUT2D eigenvalue weighted by atomic mass is 16.6. The van der Waals surface area contributed by atoms with Gasteiger partial charge >= 0.3 is 5.97 Å². The highest BCUT2D eigenvalue weighted by Gasteiger charge is 2.49. The van der Waals surface area contributed by atoms with Crippen LogP contribution in [-0.4, -0.2) is 84.5 Å². The van der Waals surface area contributed by atoms with E-state index in [1.807, 2.05) is 0 Å². The van der Waals surface area contributed by atoms with Gasteiger partial charge in [-0.25, -0.2) is 4.79 Å². The largest absolute Gasteiger partial charge is 0.493 e. The molecule has 0 bridgehead atoms. The summed E-state index contributed by atoms with van der Waals surface area (Å²) in [6.45, 7) is 0.353. The minimum Gasteiger partial charge on any atom is -0.493 e. The van der Waals surface area contributed by atoms with Crippen LogP contribution in [0.25, 0.3) is 0 Å². The summed E-state index contributed by atoms with van der Waals surface area (Å²) in [7, 11) is 5.75. The van der Waals surface area contributed by atoms with Crippen LogP contribution < -0.4 is 19.5 Å². The molecule has 1 aromatic rings. The summed E-state index contributed by atoms with van der Waals surface area (Å²) >= 11 is 0. The van der Waals surface area contributed by atoms with E-state index in [1.54, 1.807) is 12.1 Å². The molecule has 160 valence electrons. The van der Waals surface area contributed by atoms with Gasteiger partial charge < -0.3 is 38.5 Å².